The highest BCUT2D eigenvalue weighted by Gasteiger charge is 2.54. The third kappa shape index (κ3) is 10.0. The fourth-order valence-corrected chi connectivity index (χ4v) is 21.9. The van der Waals surface area contributed by atoms with Crippen LogP contribution in [-0.4, -0.2) is 0 Å². The summed E-state index contributed by atoms with van der Waals surface area (Å²) in [4.78, 5) is 2.60. The second-order valence-corrected chi connectivity index (χ2v) is 33.2. The summed E-state index contributed by atoms with van der Waals surface area (Å²) in [6, 6.07) is 119. The zero-order valence-electron chi connectivity index (χ0n) is 61.6. The predicted octanol–water partition coefficient (Wildman–Crippen LogP) is 28.4. The number of para-hydroxylation sites is 1. The molecule has 520 valence electrons. The summed E-state index contributed by atoms with van der Waals surface area (Å²) < 4.78 is 1.29. The lowest BCUT2D eigenvalue weighted by molar-refractivity contribution is 0.442. The number of hydrogen-bond acceptors (Lipinski definition) is 2. The molecule has 0 amide bonds. The molecule has 2 spiro atoms. The molecular weight excluding hydrogens is 1360 g/mol. The van der Waals surface area contributed by atoms with Gasteiger partial charge in [0.1, 0.15) is 0 Å². The molecule has 8 aliphatic rings. The van der Waals surface area contributed by atoms with Crippen molar-refractivity contribution in [2.24, 2.45) is 0 Å². The van der Waals surface area contributed by atoms with Gasteiger partial charge in [0, 0.05) is 43.7 Å². The van der Waals surface area contributed by atoms with Crippen LogP contribution in [0.1, 0.15) is 182 Å². The van der Waals surface area contributed by atoms with Crippen LogP contribution in [0.5, 0.6) is 0 Å². The first-order valence-electron chi connectivity index (χ1n) is 39.3. The Kier molecular flexibility index (Phi) is 15.8. The smallest absolute Gasteiger partial charge is 0.0726 e. The average molecular weight is 1440 g/mol. The Morgan fingerprint density at radius 2 is 0.542 bits per heavy atom. The first-order chi connectivity index (χ1) is 52.5. The Hall–Kier alpha value is -10.8. The van der Waals surface area contributed by atoms with Gasteiger partial charge in [-0.2, -0.15) is 0 Å². The molecular formula is C104H87BrN2. The molecule has 1 N–H and O–H groups in total. The van der Waals surface area contributed by atoms with Crippen molar-refractivity contribution in [1.82, 2.24) is 0 Å². The highest BCUT2D eigenvalue weighted by molar-refractivity contribution is 9.10. The van der Waals surface area contributed by atoms with E-state index < -0.39 is 0 Å². The van der Waals surface area contributed by atoms with Gasteiger partial charge in [0.25, 0.3) is 0 Å². The van der Waals surface area contributed by atoms with E-state index in [1.807, 2.05) is 0 Å². The van der Waals surface area contributed by atoms with E-state index in [-0.39, 0.29) is 21.7 Å². The van der Waals surface area contributed by atoms with Gasteiger partial charge < -0.3 is 10.2 Å². The largest absolute Gasteiger partial charge is 0.356 e. The Morgan fingerprint density at radius 1 is 0.262 bits per heavy atom. The third-order valence-corrected chi connectivity index (χ3v) is 26.8. The summed E-state index contributed by atoms with van der Waals surface area (Å²) in [5, 5.41) is 3.81. The molecule has 0 aromatic heterocycles. The van der Waals surface area contributed by atoms with Crippen molar-refractivity contribution in [2.45, 2.75) is 125 Å². The highest BCUT2D eigenvalue weighted by Crippen LogP contribution is 2.66. The lowest BCUT2D eigenvalue weighted by Gasteiger charge is -2.34. The summed E-state index contributed by atoms with van der Waals surface area (Å²) in [6.07, 6.45) is 13.5. The number of hydrogen-bond donors (Lipinski definition) is 1. The summed E-state index contributed by atoms with van der Waals surface area (Å²) in [5.74, 6) is 1.38. The fraction of sp³-hybridized carbons (Fsp3) is 0.192. The van der Waals surface area contributed by atoms with E-state index >= 15 is 0 Å². The zero-order chi connectivity index (χ0) is 71.8. The number of halogens is 1. The topological polar surface area (TPSA) is 15.3 Å². The van der Waals surface area contributed by atoms with Gasteiger partial charge in [-0.1, -0.05) is 337 Å². The lowest BCUT2D eigenvalue weighted by Crippen LogP contribution is -2.26. The molecule has 2 fully saturated rings. The molecule has 3 heteroatoms. The molecule has 0 bridgehead atoms. The summed E-state index contributed by atoms with van der Waals surface area (Å²) >= 11 is 3.63. The number of nitrogens with one attached hydrogen (secondary N) is 1. The molecule has 2 saturated carbocycles. The van der Waals surface area contributed by atoms with Gasteiger partial charge in [0.15, 0.2) is 0 Å². The van der Waals surface area contributed by atoms with Crippen molar-refractivity contribution < 1.29 is 0 Å². The second kappa shape index (κ2) is 25.7. The van der Waals surface area contributed by atoms with Crippen LogP contribution < -0.4 is 10.2 Å². The van der Waals surface area contributed by atoms with Crippen LogP contribution in [0.4, 0.5) is 28.4 Å². The highest BCUT2D eigenvalue weighted by atomic mass is 79.9. The quantitative estimate of drug-likeness (QED) is 0.171. The predicted molar refractivity (Wildman–Crippen MR) is 451 cm³/mol. The van der Waals surface area contributed by atoms with Gasteiger partial charge in [-0.3, -0.25) is 0 Å². The molecule has 2 nitrogen and oxygen atoms in total. The molecule has 0 saturated heterocycles. The van der Waals surface area contributed by atoms with Crippen LogP contribution >= 0.6 is 15.9 Å². The van der Waals surface area contributed by atoms with E-state index in [4.69, 9.17) is 0 Å². The standard InChI is InChI=1S/C52H43N.C40H29N.C12H15Br/c1-51(2)44-23-11-6-19-38(44)42-30-28-35(32-48(42)51)53(50-27-15-10-18-37(50)34-16-4-3-5-17-34)36-29-31-43-41-22-9-14-26-47(41)52(49(43)33-36)45-24-12-7-20-39(45)40-21-8-13-25-46(40)52;1-39(2)33-15-7-3-11-27(33)31-21-19-25(23-37(31)39)41-26-20-22-32-30-14-6-10-18-36(30)40(38(32)24-26)34-16-8-4-12-28(34)29-13-5-9-17-35(29)40;13-12-9-5-4-8-11(12)10-6-2-1-3-7-10/h6-15,18-34H,3-5,16-17H2,1-2H3;3-24,41H,1-2H3;4-5,8-10H,1-3,6-7H2. The molecule has 0 unspecified atom stereocenters. The van der Waals surface area contributed by atoms with Crippen LogP contribution in [0.2, 0.25) is 0 Å². The van der Waals surface area contributed by atoms with Crippen LogP contribution in [0.3, 0.4) is 0 Å². The van der Waals surface area contributed by atoms with Crippen molar-refractivity contribution in [2.75, 3.05) is 10.2 Å². The average Bonchev–Trinajstić information content (AvgIpc) is 1.51. The summed E-state index contributed by atoms with van der Waals surface area (Å²) in [5.41, 5.74) is 40.9. The van der Waals surface area contributed by atoms with Crippen LogP contribution in [0, 0.1) is 0 Å². The second-order valence-electron chi connectivity index (χ2n) is 32.3. The SMILES string of the molecule is Brc1ccccc1C1CCCCC1.CC1(C)c2ccccc2-c2ccc(N(c3ccc4c(c3)C3(c5ccccc5-c5ccccc53)c3ccccc3-4)c3ccccc3C3CCCCC3)cc21.CC1(C)c2ccccc2-c2ccc(Nc3ccc4c(c3)C3(c5ccccc5-c5ccccc53)c3ccccc3-4)cc21. The number of nitrogens with zero attached hydrogens (tertiary/aromatic N) is 1. The van der Waals surface area contributed by atoms with Crippen molar-refractivity contribution in [3.63, 3.8) is 0 Å². The van der Waals surface area contributed by atoms with Crippen LogP contribution in [0.25, 0.3) is 66.8 Å². The lowest BCUT2D eigenvalue weighted by atomic mass is 9.70. The minimum atomic E-state index is -0.384. The Balaban J connectivity index is 0.000000123. The van der Waals surface area contributed by atoms with E-state index in [9.17, 15) is 0 Å². The molecule has 0 radical (unpaired) electrons. The first kappa shape index (κ1) is 65.7. The van der Waals surface area contributed by atoms with E-state index in [0.717, 1.165) is 17.3 Å². The maximum atomic E-state index is 3.81. The van der Waals surface area contributed by atoms with Crippen molar-refractivity contribution in [3.05, 3.63) is 398 Å². The molecule has 0 aliphatic heterocycles. The number of fused-ring (bicyclic) bond motifs is 26. The van der Waals surface area contributed by atoms with Gasteiger partial charge >= 0.3 is 0 Å². The number of anilines is 5. The van der Waals surface area contributed by atoms with Gasteiger partial charge in [-0.15, -0.1) is 0 Å². The monoisotopic (exact) mass is 1440 g/mol. The molecule has 107 heavy (non-hydrogen) atoms. The maximum absolute atomic E-state index is 3.81. The minimum Gasteiger partial charge on any atom is -0.356 e. The van der Waals surface area contributed by atoms with Gasteiger partial charge in [0.05, 0.1) is 10.8 Å². The first-order valence-corrected chi connectivity index (χ1v) is 40.1. The third-order valence-electron chi connectivity index (χ3n) is 26.1. The van der Waals surface area contributed by atoms with Gasteiger partial charge in [-0.05, 0) is 243 Å². The molecule has 0 atom stereocenters. The molecule has 14 aromatic rings. The maximum Gasteiger partial charge on any atom is 0.0726 e. The number of rotatable bonds is 7. The van der Waals surface area contributed by atoms with E-state index in [1.165, 1.54) is 230 Å². The molecule has 8 aliphatic carbocycles. The zero-order valence-corrected chi connectivity index (χ0v) is 63.2. The van der Waals surface area contributed by atoms with E-state index in [2.05, 4.69) is 369 Å². The Bertz CT molecular complexity index is 5760. The van der Waals surface area contributed by atoms with E-state index in [1.54, 1.807) is 0 Å². The summed E-state index contributed by atoms with van der Waals surface area (Å²) in [6.45, 7) is 9.47. The van der Waals surface area contributed by atoms with Crippen molar-refractivity contribution in [1.29, 1.82) is 0 Å². The Morgan fingerprint density at radius 3 is 0.953 bits per heavy atom. The van der Waals surface area contributed by atoms with Gasteiger partial charge in [0.2, 0.25) is 0 Å². The van der Waals surface area contributed by atoms with Crippen LogP contribution in [0.15, 0.2) is 320 Å². The minimum absolute atomic E-state index is 0.0233. The molecule has 22 rings (SSSR count). The molecule has 0 heterocycles. The Labute approximate surface area is 640 Å². The van der Waals surface area contributed by atoms with Crippen molar-refractivity contribution in [3.8, 4) is 66.8 Å². The molecule has 14 aromatic carbocycles. The van der Waals surface area contributed by atoms with Crippen molar-refractivity contribution >= 4 is 44.4 Å². The summed E-state index contributed by atoms with van der Waals surface area (Å²) in [7, 11) is 0. The van der Waals surface area contributed by atoms with E-state index in [0.29, 0.717) is 5.92 Å². The fourth-order valence-electron chi connectivity index (χ4n) is 21.3. The normalized spacial score (nSPS) is 16.5. The number of benzene rings is 14. The van der Waals surface area contributed by atoms with Crippen LogP contribution in [-0.2, 0) is 21.7 Å². The van der Waals surface area contributed by atoms with Gasteiger partial charge in [-0.25, -0.2) is 0 Å².